The summed E-state index contributed by atoms with van der Waals surface area (Å²) in [5, 5.41) is 27.2. The van der Waals surface area contributed by atoms with Gasteiger partial charge in [0.25, 0.3) is 0 Å². The minimum Gasteiger partial charge on any atom is -0.870 e. The van der Waals surface area contributed by atoms with Gasteiger partial charge in [0.05, 0.1) is 50.4 Å². The number of nitrogens with one attached hydrogen (secondary N) is 4. The molecule has 458 valence electrons. The van der Waals surface area contributed by atoms with Crippen LogP contribution in [0.2, 0.25) is 0 Å². The van der Waals surface area contributed by atoms with E-state index >= 15 is 0 Å². The molecule has 2 fully saturated rings. The number of fused-ring (bicyclic) bond motifs is 10. The Labute approximate surface area is 521 Å². The normalized spacial score (nSPS) is 14.1. The topological polar surface area (TPSA) is 270 Å². The number of rotatable bonds is 9. The Morgan fingerprint density at radius 1 is 0.611 bits per heavy atom. The van der Waals surface area contributed by atoms with E-state index in [-0.39, 0.29) is 5.48 Å². The summed E-state index contributed by atoms with van der Waals surface area (Å²) in [6, 6.07) is 56.2. The van der Waals surface area contributed by atoms with Crippen molar-refractivity contribution in [1.29, 1.82) is 0 Å². The first kappa shape index (κ1) is 61.3. The van der Waals surface area contributed by atoms with Crippen molar-refractivity contribution in [2.24, 2.45) is 0 Å². The number of para-hydroxylation sites is 2. The molecule has 5 aliphatic rings. The maximum absolute atomic E-state index is 12.8. The predicted molar refractivity (Wildman–Crippen MR) is 349 cm³/mol. The van der Waals surface area contributed by atoms with Gasteiger partial charge in [0.15, 0.2) is 17.0 Å². The van der Waals surface area contributed by atoms with E-state index in [9.17, 15) is 14.8 Å². The number of imidazole rings is 2. The average molecular weight is 1210 g/mol. The fourth-order valence-electron chi connectivity index (χ4n) is 12.0. The maximum atomic E-state index is 12.8. The van der Waals surface area contributed by atoms with Gasteiger partial charge in [0.1, 0.15) is 17.0 Å². The first-order valence-corrected chi connectivity index (χ1v) is 29.8. The minimum absolute atomic E-state index is 0. The number of anilines is 4. The molecule has 0 saturated heterocycles. The summed E-state index contributed by atoms with van der Waals surface area (Å²) >= 11 is 0. The highest BCUT2D eigenvalue weighted by Gasteiger charge is 2.43. The zero-order valence-electron chi connectivity index (χ0n) is 51.2. The van der Waals surface area contributed by atoms with Crippen LogP contribution in [0.5, 0.6) is 0 Å². The van der Waals surface area contributed by atoms with Gasteiger partial charge in [-0.25, -0.2) is 29.5 Å². The third-order valence-electron chi connectivity index (χ3n) is 16.4. The van der Waals surface area contributed by atoms with Crippen LogP contribution in [0.4, 0.5) is 32.5 Å². The number of nitrogens with zero attached hydrogens (tertiary/aromatic N) is 7. The number of hydrogen-bond acceptors (Lipinski definition) is 15. The van der Waals surface area contributed by atoms with Gasteiger partial charge < -0.3 is 41.7 Å². The predicted octanol–water partition coefficient (Wildman–Crippen LogP) is 14.2. The van der Waals surface area contributed by atoms with Crippen molar-refractivity contribution >= 4 is 57.1 Å². The van der Waals surface area contributed by atoms with Crippen molar-refractivity contribution in [3.05, 3.63) is 193 Å². The van der Waals surface area contributed by atoms with Crippen LogP contribution < -0.4 is 31.7 Å². The number of carbonyl (C=O) groups is 2. The summed E-state index contributed by atoms with van der Waals surface area (Å²) in [5.74, 6) is 2.34. The van der Waals surface area contributed by atoms with Crippen molar-refractivity contribution in [2.45, 2.75) is 102 Å². The summed E-state index contributed by atoms with van der Waals surface area (Å²) in [7, 11) is 1.00. The van der Waals surface area contributed by atoms with Gasteiger partial charge in [-0.2, -0.15) is 4.57 Å². The molecule has 9 N–H and O–H groups in total. The summed E-state index contributed by atoms with van der Waals surface area (Å²) in [6.07, 6.45) is 8.25. The molecular weight excluding hydrogens is 1130 g/mol. The lowest BCUT2D eigenvalue weighted by molar-refractivity contribution is -0.552. The monoisotopic (exact) mass is 1200 g/mol. The summed E-state index contributed by atoms with van der Waals surface area (Å²) < 4.78 is 15.5. The number of alkyl carbamates (subject to hydrolysis) is 2. The van der Waals surface area contributed by atoms with Crippen LogP contribution >= 0.6 is 0 Å². The first-order valence-electron chi connectivity index (χ1n) is 29.8. The van der Waals surface area contributed by atoms with Crippen LogP contribution in [0.3, 0.4) is 0 Å². The third-order valence-corrected chi connectivity index (χ3v) is 16.4. The van der Waals surface area contributed by atoms with E-state index in [0.29, 0.717) is 17.0 Å². The Balaban J connectivity index is 0.000000178. The second-order valence-electron chi connectivity index (χ2n) is 24.5. The minimum atomic E-state index is -0.573. The number of aromatic nitrogens is 7. The third kappa shape index (κ3) is 11.9. The average Bonchev–Trinajstić information content (AvgIpc) is 1.59. The Morgan fingerprint density at radius 2 is 1.16 bits per heavy atom. The molecular formula is C71H72N12O7. The zero-order valence-corrected chi connectivity index (χ0v) is 51.2. The highest BCUT2D eigenvalue weighted by atomic mass is 16.6. The number of carbonyl (C=O) groups excluding carboxylic acids is 2. The van der Waals surface area contributed by atoms with E-state index in [0.717, 1.165) is 153 Å². The van der Waals surface area contributed by atoms with Crippen molar-refractivity contribution in [1.82, 2.24) is 40.1 Å². The summed E-state index contributed by atoms with van der Waals surface area (Å²) in [4.78, 5) is 50.3. The van der Waals surface area contributed by atoms with Crippen LogP contribution in [0.1, 0.15) is 91.2 Å². The van der Waals surface area contributed by atoms with E-state index in [1.807, 2.05) is 151 Å². The number of nitrogens with two attached hydrogens (primary N) is 1. The highest BCUT2D eigenvalue weighted by molar-refractivity contribution is 5.92. The van der Waals surface area contributed by atoms with Crippen molar-refractivity contribution in [3.8, 4) is 67.9 Å². The van der Waals surface area contributed by atoms with E-state index in [1.54, 1.807) is 12.4 Å². The van der Waals surface area contributed by atoms with E-state index < -0.39 is 34.5 Å². The molecule has 19 heteroatoms. The van der Waals surface area contributed by atoms with Gasteiger partial charge in [-0.3, -0.25) is 15.3 Å². The summed E-state index contributed by atoms with van der Waals surface area (Å²) in [5.41, 5.74) is 22.0. The Bertz CT molecular complexity index is 4380. The molecule has 3 aliphatic heterocycles. The number of ether oxygens (including phenoxy) is 2. The SMILES string of the molecule is CC(C)(C)OC(=O)NC1(c2ccc(-c3c(-c4ccc(N)cc4)nc4n3-c3cccnc3Nc3ccccc3-4)cc2)CCC1.CC(C)(C)OC(=O)NC1(c2ccc(-c3c(-c4ccc(NO)cc4)nc4c5ccccc5nc5ncccc5[n+]3-4)cc2)CCC1.CO.[OH-]. The number of aliphatic hydroxyl groups excluding tert-OH is 1. The van der Waals surface area contributed by atoms with E-state index in [4.69, 9.17) is 40.2 Å². The first-order chi connectivity index (χ1) is 43.0. The second kappa shape index (κ2) is 24.7. The number of amides is 2. The lowest BCUT2D eigenvalue weighted by atomic mass is 9.71. The molecule has 0 radical (unpaired) electrons. The highest BCUT2D eigenvalue weighted by Crippen LogP contribution is 2.47. The molecule has 19 nitrogen and oxygen atoms in total. The molecule has 2 aliphatic carbocycles. The molecule has 0 spiro atoms. The van der Waals surface area contributed by atoms with E-state index in [1.165, 1.54) is 0 Å². The van der Waals surface area contributed by atoms with Crippen LogP contribution in [0, 0.1) is 0 Å². The zero-order chi connectivity index (χ0) is 62.2. The van der Waals surface area contributed by atoms with Crippen LogP contribution in [-0.2, 0) is 20.6 Å². The second-order valence-corrected chi connectivity index (χ2v) is 24.5. The number of nitrogen functional groups attached to an aromatic ring is 1. The number of benzene rings is 6. The van der Waals surface area contributed by atoms with Gasteiger partial charge >= 0.3 is 18.0 Å². The standard InChI is InChI=1S/C35H32N6O3.C35H34N6O2.CH4O.H2O/c1-34(2,3)44-33(42)39-35(19-7-20-35)24-15-11-23(12-16-24)30-29(22-13-17-25(40-43)18-14-22)38-32-26-8-4-5-9-27(26)37-31-28(41(30)32)10-6-21-36-31;1-34(2,3)43-33(42)40-35(19-7-20-35)24-15-11-23(12-16-24)30-29(22-13-17-25(36)18-14-22)39-32-26-8-4-5-9-27(26)38-31-28(41(30)32)10-6-21-37-31;1-2;/h4-6,8-18,21H,7,19-20H2,1-3H3,(H2-,36,37,38,39,40,42,43);4-6,8-18,21H,7,19-20,36H2,1-3H3,(H,37,38)(H,40,42);2H,1H3;1H2. The maximum Gasteiger partial charge on any atom is 0.408 e. The largest absolute Gasteiger partial charge is 0.870 e. The van der Waals surface area contributed by atoms with Gasteiger partial charge in [0, 0.05) is 53.0 Å². The fraction of sp³-hybridized carbons (Fsp3) is 0.239. The molecule has 2 amide bonds. The summed E-state index contributed by atoms with van der Waals surface area (Å²) in [6.45, 7) is 11.2. The quantitative estimate of drug-likeness (QED) is 0.0402. The fourth-order valence-corrected chi connectivity index (χ4v) is 12.0. The van der Waals surface area contributed by atoms with Crippen molar-refractivity contribution < 1.29 is 39.4 Å². The van der Waals surface area contributed by atoms with Gasteiger partial charge in [-0.05, 0) is 181 Å². The molecule has 90 heavy (non-hydrogen) atoms. The smallest absolute Gasteiger partial charge is 0.408 e. The van der Waals surface area contributed by atoms with Crippen molar-refractivity contribution in [3.63, 3.8) is 0 Å². The number of hydrogen-bond donors (Lipinski definition) is 7. The Morgan fingerprint density at radius 3 is 1.76 bits per heavy atom. The van der Waals surface area contributed by atoms with Gasteiger partial charge in [-0.15, -0.1) is 0 Å². The lowest BCUT2D eigenvalue weighted by Crippen LogP contribution is -2.52. The Kier molecular flexibility index (Phi) is 16.8. The van der Waals surface area contributed by atoms with E-state index in [2.05, 4.69) is 96.2 Å². The van der Waals surface area contributed by atoms with Crippen molar-refractivity contribution in [2.75, 3.05) is 23.6 Å². The van der Waals surface area contributed by atoms with Crippen LogP contribution in [0.25, 0.3) is 90.0 Å². The number of pyridine rings is 2. The van der Waals surface area contributed by atoms with Gasteiger partial charge in [0.2, 0.25) is 11.3 Å². The molecule has 0 atom stereocenters. The molecule has 0 unspecified atom stereocenters. The molecule has 6 heterocycles. The molecule has 2 saturated carbocycles. The molecule has 3 aromatic heterocycles. The molecule has 9 aromatic rings. The molecule has 14 rings (SSSR count). The molecule has 6 aromatic carbocycles. The van der Waals surface area contributed by atoms with Crippen LogP contribution in [-0.4, -0.2) is 75.8 Å². The molecule has 0 bridgehead atoms. The lowest BCUT2D eigenvalue weighted by Gasteiger charge is -2.43. The number of aliphatic hydroxyl groups is 1. The van der Waals surface area contributed by atoms with Gasteiger partial charge in [-0.1, -0.05) is 84.9 Å². The Hall–Kier alpha value is -10.3. The van der Waals surface area contributed by atoms with Crippen LogP contribution in [0.15, 0.2) is 182 Å².